The number of amidine groups is 1. The van der Waals surface area contributed by atoms with Crippen LogP contribution in [-0.2, 0) is 38.0 Å². The molecule has 0 amide bonds. The maximum Gasteiger partial charge on any atom is 0.311 e. The summed E-state index contributed by atoms with van der Waals surface area (Å²) in [5.74, 6) is -2.07. The van der Waals surface area contributed by atoms with Crippen molar-refractivity contribution in [3.05, 3.63) is 12.4 Å². The fourth-order valence-electron chi connectivity index (χ4n) is 10.1. The number of carbonyl (C=O) groups is 1. The third-order valence-electron chi connectivity index (χ3n) is 14.2. The van der Waals surface area contributed by atoms with Crippen LogP contribution < -0.4 is 15.4 Å². The largest absolute Gasteiger partial charge is 0.480 e. The van der Waals surface area contributed by atoms with Crippen LogP contribution in [0.4, 0.5) is 5.82 Å². The van der Waals surface area contributed by atoms with Gasteiger partial charge < -0.3 is 73.9 Å². The van der Waals surface area contributed by atoms with Crippen molar-refractivity contribution in [2.24, 2.45) is 22.7 Å². The summed E-state index contributed by atoms with van der Waals surface area (Å²) in [7, 11) is 4.91. The molecule has 1 aromatic heterocycles. The normalized spacial score (nSPS) is 44.6. The molecule has 0 unspecified atom stereocenters. The predicted molar refractivity (Wildman–Crippen MR) is 236 cm³/mol. The van der Waals surface area contributed by atoms with Gasteiger partial charge in [-0.2, -0.15) is 4.99 Å². The molecule has 0 aromatic carbocycles. The average molecular weight is 911 g/mol. The second kappa shape index (κ2) is 21.0. The second-order valence-electron chi connectivity index (χ2n) is 19.3. The van der Waals surface area contributed by atoms with E-state index in [4.69, 9.17) is 37.9 Å². The number of carbonyl (C=O) groups excluding carboxylic acids is 1. The monoisotopic (exact) mass is 911 g/mol. The summed E-state index contributed by atoms with van der Waals surface area (Å²) in [6.45, 7) is 20.8. The van der Waals surface area contributed by atoms with Crippen LogP contribution >= 0.6 is 0 Å². The highest BCUT2D eigenvalue weighted by atomic mass is 16.7. The fourth-order valence-corrected chi connectivity index (χ4v) is 10.1. The summed E-state index contributed by atoms with van der Waals surface area (Å²) >= 11 is 0. The molecular weight excluding hydrogens is 833 g/mol. The maximum atomic E-state index is 14.5. The molecule has 4 aliphatic heterocycles. The van der Waals surface area contributed by atoms with Gasteiger partial charge in [0.05, 0.1) is 61.5 Å². The van der Waals surface area contributed by atoms with E-state index in [9.17, 15) is 25.2 Å². The van der Waals surface area contributed by atoms with E-state index in [0.717, 1.165) is 0 Å². The summed E-state index contributed by atoms with van der Waals surface area (Å²) in [5.41, 5.74) is -6.04. The first-order chi connectivity index (χ1) is 30.0. The molecule has 0 saturated carbocycles. The lowest BCUT2D eigenvalue weighted by Gasteiger charge is -2.53. The van der Waals surface area contributed by atoms with Crippen molar-refractivity contribution in [3.8, 4) is 5.88 Å². The van der Waals surface area contributed by atoms with E-state index >= 15 is 0 Å². The number of hydrogen-bond acceptors (Lipinski definition) is 18. The number of aliphatic imine (C=N–C) groups is 1. The number of rotatable bonds is 11. The van der Waals surface area contributed by atoms with E-state index in [1.807, 2.05) is 39.6 Å². The SMILES string of the molecule is CCNC[C@]1(O)[C@H](C)O[C@@H](O[C@H]2[C@H](C)[C@@H](O[C@@H]3O[C@H](C)C[C@H]4[C@H]3OC(=Nc3cnc(OC)cn3)N4C)[C@](C)(O)C[C@@H](C)CN[C@H](C)[C@@H](O)[C@](C)(O)[C@@H](CC)OC(=O)[C@@H]2C)C[C@@]1(C)OC. The lowest BCUT2D eigenvalue weighted by molar-refractivity contribution is -0.335. The Balaban J connectivity index is 1.57. The van der Waals surface area contributed by atoms with Crippen LogP contribution in [0, 0.1) is 17.8 Å². The van der Waals surface area contributed by atoms with Gasteiger partial charge in [0.25, 0.3) is 6.02 Å². The molecule has 64 heavy (non-hydrogen) atoms. The van der Waals surface area contributed by atoms with E-state index in [2.05, 4.69) is 25.6 Å². The molecule has 1 aromatic rings. The van der Waals surface area contributed by atoms with Crippen molar-refractivity contribution < 1.29 is 63.1 Å². The highest BCUT2D eigenvalue weighted by Gasteiger charge is 2.59. The Morgan fingerprint density at radius 2 is 1.69 bits per heavy atom. The highest BCUT2D eigenvalue weighted by molar-refractivity contribution is 5.79. The van der Waals surface area contributed by atoms with Gasteiger partial charge in [-0.25, -0.2) is 9.97 Å². The molecule has 0 aliphatic carbocycles. The number of nitrogens with zero attached hydrogens (tertiary/aromatic N) is 4. The van der Waals surface area contributed by atoms with Crippen LogP contribution in [0.2, 0.25) is 0 Å². The van der Waals surface area contributed by atoms with Gasteiger partial charge in [-0.15, -0.1) is 0 Å². The van der Waals surface area contributed by atoms with Gasteiger partial charge in [0.2, 0.25) is 5.88 Å². The first kappa shape index (κ1) is 52.2. The van der Waals surface area contributed by atoms with Gasteiger partial charge in [0.1, 0.15) is 29.0 Å². The number of aromatic nitrogens is 2. The lowest BCUT2D eigenvalue weighted by atomic mass is 9.75. The van der Waals surface area contributed by atoms with Crippen LogP contribution in [0.1, 0.15) is 102 Å². The predicted octanol–water partition coefficient (Wildman–Crippen LogP) is 2.43. The number of fused-ring (bicyclic) bond motifs is 1. The molecule has 5 rings (SSSR count). The number of methoxy groups -OCH3 is 2. The zero-order valence-electron chi connectivity index (χ0n) is 40.4. The van der Waals surface area contributed by atoms with E-state index in [-0.39, 0.29) is 49.9 Å². The maximum absolute atomic E-state index is 14.5. The smallest absolute Gasteiger partial charge is 0.311 e. The number of aliphatic hydroxyl groups is 4. The van der Waals surface area contributed by atoms with Crippen molar-refractivity contribution >= 4 is 17.8 Å². The Labute approximate surface area is 379 Å². The molecular formula is C45H78N6O13. The summed E-state index contributed by atoms with van der Waals surface area (Å²) in [5, 5.41) is 54.7. The van der Waals surface area contributed by atoms with Crippen LogP contribution in [0.15, 0.2) is 17.4 Å². The summed E-state index contributed by atoms with van der Waals surface area (Å²) in [4.78, 5) is 29.6. The molecule has 5 heterocycles. The van der Waals surface area contributed by atoms with Crippen molar-refractivity contribution in [2.75, 3.05) is 40.9 Å². The molecule has 4 aliphatic rings. The number of aliphatic hydroxyl groups excluding tert-OH is 1. The van der Waals surface area contributed by atoms with E-state index < -0.39 is 95.5 Å². The lowest BCUT2D eigenvalue weighted by Crippen LogP contribution is -2.70. The van der Waals surface area contributed by atoms with E-state index in [1.165, 1.54) is 33.5 Å². The minimum atomic E-state index is -1.83. The van der Waals surface area contributed by atoms with Gasteiger partial charge in [0, 0.05) is 39.1 Å². The third kappa shape index (κ3) is 11.0. The average Bonchev–Trinajstić information content (AvgIpc) is 3.56. The Hall–Kier alpha value is -2.82. The van der Waals surface area contributed by atoms with Gasteiger partial charge in [0.15, 0.2) is 24.5 Å². The minimum absolute atomic E-state index is 0.0790. The summed E-state index contributed by atoms with van der Waals surface area (Å²) in [6, 6.07) is -0.560. The van der Waals surface area contributed by atoms with Crippen LogP contribution in [0.5, 0.6) is 5.88 Å². The Kier molecular flexibility index (Phi) is 17.1. The van der Waals surface area contributed by atoms with Crippen LogP contribution in [0.25, 0.3) is 0 Å². The van der Waals surface area contributed by atoms with E-state index in [1.54, 1.807) is 41.5 Å². The van der Waals surface area contributed by atoms with Crippen LogP contribution in [-0.4, -0.2) is 178 Å². The number of nitrogens with one attached hydrogen (secondary N) is 2. The molecule has 6 N–H and O–H groups in total. The molecule has 4 saturated heterocycles. The number of cyclic esters (lactones) is 1. The zero-order chi connectivity index (χ0) is 47.5. The molecule has 0 radical (unpaired) electrons. The standard InChI is InChI=1S/C45H78N6O13/c1-15-31-44(11,55)37(52)28(7)47-20-24(3)18-42(9,54)38(64-40-36-30(17-25(4)59-40)51(12)41(63-36)50-32-21-49-33(57-13)22-48-32)26(5)35(27(6)39(53)61-31)62-34-19-43(10,58-14)45(56,23-46-16-2)29(8)60-34/h21-22,24-31,34-38,40,46-47,52,54-56H,15-20,23H2,1-14H3/t24-,25-,26+,27-,28-,29+,30+,31-,34+,35+,36-,37-,38-,40+,42-,43-,44-,45+/m1/s1. The Morgan fingerprint density at radius 3 is 2.30 bits per heavy atom. The van der Waals surface area contributed by atoms with Crippen LogP contribution in [0.3, 0.4) is 0 Å². The molecule has 0 bridgehead atoms. The second-order valence-corrected chi connectivity index (χ2v) is 19.3. The quantitative estimate of drug-likeness (QED) is 0.175. The first-order valence-corrected chi connectivity index (χ1v) is 23.0. The van der Waals surface area contributed by atoms with Gasteiger partial charge in [-0.3, -0.25) is 4.79 Å². The Morgan fingerprint density at radius 1 is 0.984 bits per heavy atom. The highest BCUT2D eigenvalue weighted by Crippen LogP contribution is 2.44. The van der Waals surface area contributed by atoms with E-state index in [0.29, 0.717) is 31.2 Å². The topological polar surface area (TPSA) is 237 Å². The molecule has 366 valence electrons. The first-order valence-electron chi connectivity index (χ1n) is 23.0. The summed E-state index contributed by atoms with van der Waals surface area (Å²) in [6.07, 6.45) is -4.34. The van der Waals surface area contributed by atoms with Gasteiger partial charge in [-0.1, -0.05) is 27.7 Å². The third-order valence-corrected chi connectivity index (χ3v) is 14.2. The molecule has 19 nitrogen and oxygen atoms in total. The van der Waals surface area contributed by atoms with Crippen molar-refractivity contribution in [1.29, 1.82) is 0 Å². The molecule has 18 atom stereocenters. The molecule has 4 fully saturated rings. The minimum Gasteiger partial charge on any atom is -0.480 e. The van der Waals surface area contributed by atoms with Gasteiger partial charge >= 0.3 is 5.97 Å². The molecule has 0 spiro atoms. The fraction of sp³-hybridized carbons (Fsp3) is 0.867. The summed E-state index contributed by atoms with van der Waals surface area (Å²) < 4.78 is 50.8. The number of likely N-dealkylation sites (N-methyl/N-ethyl adjacent to an activating group) is 2. The zero-order valence-corrected chi connectivity index (χ0v) is 40.4. The number of hydrogen-bond donors (Lipinski definition) is 6. The van der Waals surface area contributed by atoms with Crippen molar-refractivity contribution in [1.82, 2.24) is 25.5 Å². The number of esters is 1. The number of ether oxygens (including phenoxy) is 8. The Bertz CT molecular complexity index is 1710. The van der Waals surface area contributed by atoms with Crippen molar-refractivity contribution in [3.63, 3.8) is 0 Å². The molecule has 19 heteroatoms. The van der Waals surface area contributed by atoms with Gasteiger partial charge in [-0.05, 0) is 86.7 Å². The van der Waals surface area contributed by atoms with Crippen molar-refractivity contribution in [2.45, 2.75) is 192 Å².